The number of halogens is 4. The minimum atomic E-state index is -4.82. The second-order valence-corrected chi connectivity index (χ2v) is 6.53. The first-order chi connectivity index (χ1) is 13.6. The van der Waals surface area contributed by atoms with E-state index in [4.69, 9.17) is 0 Å². The predicted molar refractivity (Wildman–Crippen MR) is 97.1 cm³/mol. The molecule has 3 rings (SSSR count). The number of imide groups is 1. The van der Waals surface area contributed by atoms with Crippen LogP contribution in [0.5, 0.6) is 5.75 Å². The monoisotopic (exact) mass is 408 g/mol. The quantitative estimate of drug-likeness (QED) is 0.591. The van der Waals surface area contributed by atoms with Crippen molar-refractivity contribution in [3.8, 4) is 5.75 Å². The summed E-state index contributed by atoms with van der Waals surface area (Å²) in [5, 5.41) is 2.80. The maximum Gasteiger partial charge on any atom is 0.573 e. The van der Waals surface area contributed by atoms with Crippen molar-refractivity contribution in [2.24, 2.45) is 0 Å². The van der Waals surface area contributed by atoms with Gasteiger partial charge in [-0.1, -0.05) is 12.1 Å². The molecule has 2 amide bonds. The lowest BCUT2D eigenvalue weighted by Crippen LogP contribution is -2.38. The summed E-state index contributed by atoms with van der Waals surface area (Å²) in [7, 11) is 0. The number of ether oxygens (including phenoxy) is 1. The van der Waals surface area contributed by atoms with Crippen molar-refractivity contribution in [2.75, 3.05) is 5.32 Å². The molecule has 0 saturated carbocycles. The summed E-state index contributed by atoms with van der Waals surface area (Å²) >= 11 is 0. The van der Waals surface area contributed by atoms with Crippen molar-refractivity contribution in [2.45, 2.75) is 26.3 Å². The number of rotatable bonds is 5. The Morgan fingerprint density at radius 3 is 2.03 bits per heavy atom. The highest BCUT2D eigenvalue weighted by molar-refractivity contribution is 6.36. The first-order valence-corrected chi connectivity index (χ1v) is 8.58. The van der Waals surface area contributed by atoms with Gasteiger partial charge in [-0.15, -0.1) is 13.2 Å². The number of carbonyl (C=O) groups excluding carboxylic acids is 2. The van der Waals surface area contributed by atoms with E-state index >= 15 is 0 Å². The highest BCUT2D eigenvalue weighted by Gasteiger charge is 2.40. The van der Waals surface area contributed by atoms with E-state index in [1.165, 1.54) is 36.4 Å². The van der Waals surface area contributed by atoms with Gasteiger partial charge in [0.15, 0.2) is 0 Å². The van der Waals surface area contributed by atoms with E-state index in [0.717, 1.165) is 17.0 Å². The van der Waals surface area contributed by atoms with Gasteiger partial charge >= 0.3 is 6.36 Å². The number of hydrogen-bond acceptors (Lipinski definition) is 4. The van der Waals surface area contributed by atoms with Crippen molar-refractivity contribution >= 4 is 23.1 Å². The largest absolute Gasteiger partial charge is 0.573 e. The topological polar surface area (TPSA) is 58.6 Å². The second kappa shape index (κ2) is 7.57. The van der Waals surface area contributed by atoms with Gasteiger partial charge in [0.05, 0.1) is 5.57 Å². The van der Waals surface area contributed by atoms with Gasteiger partial charge in [0, 0.05) is 11.7 Å². The van der Waals surface area contributed by atoms with Gasteiger partial charge in [-0.2, -0.15) is 0 Å². The molecule has 2 aromatic rings. The highest BCUT2D eigenvalue weighted by atomic mass is 19.4. The lowest BCUT2D eigenvalue weighted by Gasteiger charge is -2.19. The van der Waals surface area contributed by atoms with Gasteiger partial charge in [-0.25, -0.2) is 4.39 Å². The summed E-state index contributed by atoms with van der Waals surface area (Å²) in [6.45, 7) is 3.34. The smallest absolute Gasteiger partial charge is 0.406 e. The average Bonchev–Trinajstić information content (AvgIpc) is 2.86. The molecule has 0 radical (unpaired) electrons. The van der Waals surface area contributed by atoms with Crippen molar-refractivity contribution in [1.29, 1.82) is 0 Å². The Morgan fingerprint density at radius 2 is 1.52 bits per heavy atom. The van der Waals surface area contributed by atoms with Crippen molar-refractivity contribution in [3.05, 3.63) is 65.6 Å². The molecule has 1 aliphatic heterocycles. The number of hydrogen-bond donors (Lipinski definition) is 1. The summed E-state index contributed by atoms with van der Waals surface area (Å²) < 4.78 is 53.9. The van der Waals surface area contributed by atoms with Gasteiger partial charge in [0.1, 0.15) is 17.3 Å². The van der Waals surface area contributed by atoms with E-state index in [0.29, 0.717) is 5.56 Å². The third kappa shape index (κ3) is 4.39. The Kier molecular flexibility index (Phi) is 5.32. The van der Waals surface area contributed by atoms with E-state index in [9.17, 15) is 27.2 Å². The first kappa shape index (κ1) is 20.4. The molecule has 0 spiro atoms. The summed E-state index contributed by atoms with van der Waals surface area (Å²) in [5.41, 5.74) is 0.632. The van der Waals surface area contributed by atoms with Gasteiger partial charge in [0.2, 0.25) is 0 Å². The van der Waals surface area contributed by atoms with Crippen LogP contribution in [0.4, 0.5) is 23.2 Å². The number of carbonyl (C=O) groups is 2. The molecule has 152 valence electrons. The van der Waals surface area contributed by atoms with Crippen LogP contribution in [0.3, 0.4) is 0 Å². The van der Waals surface area contributed by atoms with Crippen LogP contribution in [0.2, 0.25) is 0 Å². The number of benzene rings is 2. The van der Waals surface area contributed by atoms with Crippen LogP contribution in [0.25, 0.3) is 5.57 Å². The Bertz CT molecular complexity index is 965. The zero-order chi connectivity index (χ0) is 21.3. The molecule has 9 heteroatoms. The molecular formula is C20H16F4N2O3. The molecule has 1 heterocycles. The van der Waals surface area contributed by atoms with Gasteiger partial charge < -0.3 is 10.1 Å². The van der Waals surface area contributed by atoms with Crippen LogP contribution < -0.4 is 10.1 Å². The zero-order valence-electron chi connectivity index (χ0n) is 15.4. The summed E-state index contributed by atoms with van der Waals surface area (Å²) in [6.07, 6.45) is -4.82. The number of nitrogens with zero attached hydrogens (tertiary/aromatic N) is 1. The Balaban J connectivity index is 1.97. The van der Waals surface area contributed by atoms with Crippen molar-refractivity contribution in [3.63, 3.8) is 0 Å². The summed E-state index contributed by atoms with van der Waals surface area (Å²) in [6, 6.07) is 9.39. The van der Waals surface area contributed by atoms with E-state index < -0.39 is 35.8 Å². The third-order valence-corrected chi connectivity index (χ3v) is 4.12. The molecule has 29 heavy (non-hydrogen) atoms. The van der Waals surface area contributed by atoms with E-state index in [2.05, 4.69) is 10.1 Å². The van der Waals surface area contributed by atoms with Gasteiger partial charge in [-0.3, -0.25) is 14.5 Å². The van der Waals surface area contributed by atoms with Crippen LogP contribution in [0, 0.1) is 5.82 Å². The minimum Gasteiger partial charge on any atom is -0.406 e. The standard InChI is InChI=1S/C20H16F4N2O3/c1-11(2)26-18(27)16(12-3-5-13(21)6-4-12)17(19(26)28)25-14-7-9-15(10-8-14)29-20(22,23)24/h3-11,25H,1-2H3. The number of alkyl halides is 3. The molecule has 2 aromatic carbocycles. The molecule has 0 atom stereocenters. The average molecular weight is 408 g/mol. The van der Waals surface area contributed by atoms with E-state index in [1.807, 2.05) is 0 Å². The van der Waals surface area contributed by atoms with Crippen LogP contribution >= 0.6 is 0 Å². The molecule has 1 aliphatic rings. The molecule has 0 unspecified atom stereocenters. The summed E-state index contributed by atoms with van der Waals surface area (Å²) in [4.78, 5) is 26.7. The molecule has 0 aromatic heterocycles. The van der Waals surface area contributed by atoms with Crippen LogP contribution in [0.1, 0.15) is 19.4 Å². The molecule has 5 nitrogen and oxygen atoms in total. The lowest BCUT2D eigenvalue weighted by atomic mass is 10.0. The van der Waals surface area contributed by atoms with Gasteiger partial charge in [0.25, 0.3) is 11.8 Å². The molecule has 0 bridgehead atoms. The summed E-state index contributed by atoms with van der Waals surface area (Å²) in [5.74, 6) is -2.05. The van der Waals surface area contributed by atoms with E-state index in [1.54, 1.807) is 13.8 Å². The van der Waals surface area contributed by atoms with Crippen molar-refractivity contribution < 1.29 is 31.9 Å². The number of nitrogens with one attached hydrogen (secondary N) is 1. The van der Waals surface area contributed by atoms with E-state index in [-0.39, 0.29) is 17.0 Å². The number of amides is 2. The van der Waals surface area contributed by atoms with Crippen molar-refractivity contribution in [1.82, 2.24) is 4.90 Å². The molecule has 0 saturated heterocycles. The fourth-order valence-corrected chi connectivity index (χ4v) is 2.90. The molecule has 1 N–H and O–H groups in total. The Morgan fingerprint density at radius 1 is 0.931 bits per heavy atom. The van der Waals surface area contributed by atoms with Crippen LogP contribution in [-0.4, -0.2) is 29.1 Å². The SMILES string of the molecule is CC(C)N1C(=O)C(Nc2ccc(OC(F)(F)F)cc2)=C(c2ccc(F)cc2)C1=O. The van der Waals surface area contributed by atoms with Gasteiger partial charge in [-0.05, 0) is 55.8 Å². The first-order valence-electron chi connectivity index (χ1n) is 8.58. The normalized spacial score (nSPS) is 14.8. The maximum absolute atomic E-state index is 13.3. The Labute approximate surface area is 163 Å². The minimum absolute atomic E-state index is 0.0419. The maximum atomic E-state index is 13.3. The lowest BCUT2D eigenvalue weighted by molar-refractivity contribution is -0.274. The molecule has 0 fully saturated rings. The highest BCUT2D eigenvalue weighted by Crippen LogP contribution is 2.32. The van der Waals surface area contributed by atoms with Crippen LogP contribution in [0.15, 0.2) is 54.2 Å². The zero-order valence-corrected chi connectivity index (χ0v) is 15.4. The Hall–Kier alpha value is -3.36. The second-order valence-electron chi connectivity index (χ2n) is 6.53. The predicted octanol–water partition coefficient (Wildman–Crippen LogP) is 4.32. The molecule has 0 aliphatic carbocycles. The fourth-order valence-electron chi connectivity index (χ4n) is 2.90. The van der Waals surface area contributed by atoms with Crippen LogP contribution in [-0.2, 0) is 9.59 Å². The third-order valence-electron chi connectivity index (χ3n) is 4.12. The fraction of sp³-hybridized carbons (Fsp3) is 0.200. The molecular weight excluding hydrogens is 392 g/mol. The number of anilines is 1.